The highest BCUT2D eigenvalue weighted by atomic mass is 79.9. The van der Waals surface area contributed by atoms with Crippen LogP contribution in [0.1, 0.15) is 34.3 Å². The fourth-order valence-electron chi connectivity index (χ4n) is 5.02. The zero-order valence-corrected chi connectivity index (χ0v) is 19.9. The van der Waals surface area contributed by atoms with Gasteiger partial charge in [0, 0.05) is 28.7 Å². The van der Waals surface area contributed by atoms with E-state index in [4.69, 9.17) is 11.6 Å². The highest BCUT2D eigenvalue weighted by Gasteiger charge is 2.46. The second kappa shape index (κ2) is 8.62. The van der Waals surface area contributed by atoms with E-state index in [-0.39, 0.29) is 17.1 Å². The quantitative estimate of drug-likeness (QED) is 0.403. The molecule has 1 saturated heterocycles. The number of benzene rings is 3. The van der Waals surface area contributed by atoms with Crippen LogP contribution >= 0.6 is 27.5 Å². The standard InChI is InChI=1S/C26H23BrClFN2O/c27-19-7-5-18(6-8-19)16-30-13-11-26(12-14-30)17-31(24-10-9-20(29)15-22(24)26)25(32)21-3-1-2-4-23(21)28/h1-10,15H,11-14,16-17H2. The van der Waals surface area contributed by atoms with Gasteiger partial charge in [0.25, 0.3) is 5.91 Å². The van der Waals surface area contributed by atoms with Crippen molar-refractivity contribution >= 4 is 39.1 Å². The van der Waals surface area contributed by atoms with Crippen LogP contribution in [-0.2, 0) is 12.0 Å². The molecule has 6 heteroatoms. The molecule has 2 aliphatic rings. The van der Waals surface area contributed by atoms with Crippen LogP contribution in [0.25, 0.3) is 0 Å². The van der Waals surface area contributed by atoms with E-state index < -0.39 is 0 Å². The molecule has 0 aliphatic carbocycles. The largest absolute Gasteiger partial charge is 0.307 e. The summed E-state index contributed by atoms with van der Waals surface area (Å²) >= 11 is 9.80. The summed E-state index contributed by atoms with van der Waals surface area (Å²) in [6.07, 6.45) is 1.76. The van der Waals surface area contributed by atoms with Gasteiger partial charge in [0.2, 0.25) is 0 Å². The maximum atomic E-state index is 14.3. The number of carbonyl (C=O) groups is 1. The SMILES string of the molecule is O=C(c1ccccc1Cl)N1CC2(CCN(Cc3ccc(Br)cc3)CC2)c2cc(F)ccc21. The molecule has 0 N–H and O–H groups in total. The number of nitrogens with zero attached hydrogens (tertiary/aromatic N) is 2. The van der Waals surface area contributed by atoms with E-state index in [9.17, 15) is 9.18 Å². The van der Waals surface area contributed by atoms with Crippen molar-refractivity contribution in [3.63, 3.8) is 0 Å². The number of rotatable bonds is 3. The molecule has 2 heterocycles. The van der Waals surface area contributed by atoms with Crippen LogP contribution < -0.4 is 4.90 Å². The van der Waals surface area contributed by atoms with Crippen molar-refractivity contribution in [2.75, 3.05) is 24.5 Å². The Labute approximate surface area is 200 Å². The van der Waals surface area contributed by atoms with Crippen molar-refractivity contribution in [3.8, 4) is 0 Å². The number of piperidine rings is 1. The van der Waals surface area contributed by atoms with E-state index in [0.29, 0.717) is 17.1 Å². The molecule has 1 spiro atoms. The van der Waals surface area contributed by atoms with Crippen molar-refractivity contribution in [2.45, 2.75) is 24.8 Å². The molecular weight excluding hydrogens is 491 g/mol. The average molecular weight is 514 g/mol. The van der Waals surface area contributed by atoms with Gasteiger partial charge in [-0.25, -0.2) is 4.39 Å². The molecule has 1 amide bonds. The lowest BCUT2D eigenvalue weighted by Gasteiger charge is -2.40. The molecule has 0 atom stereocenters. The molecule has 3 aromatic carbocycles. The zero-order chi connectivity index (χ0) is 22.3. The van der Waals surface area contributed by atoms with Crippen molar-refractivity contribution in [1.82, 2.24) is 4.90 Å². The lowest BCUT2D eigenvalue weighted by Crippen LogP contribution is -2.45. The number of hydrogen-bond acceptors (Lipinski definition) is 2. The molecule has 3 aromatic rings. The van der Waals surface area contributed by atoms with Gasteiger partial charge in [0.1, 0.15) is 5.82 Å². The smallest absolute Gasteiger partial charge is 0.259 e. The number of fused-ring (bicyclic) bond motifs is 2. The van der Waals surface area contributed by atoms with Gasteiger partial charge in [-0.2, -0.15) is 0 Å². The van der Waals surface area contributed by atoms with Crippen LogP contribution in [-0.4, -0.2) is 30.4 Å². The first-order valence-electron chi connectivity index (χ1n) is 10.8. The lowest BCUT2D eigenvalue weighted by molar-refractivity contribution is 0.0975. The summed E-state index contributed by atoms with van der Waals surface area (Å²) in [7, 11) is 0. The predicted octanol–water partition coefficient (Wildman–Crippen LogP) is 6.44. The van der Waals surface area contributed by atoms with Crippen molar-refractivity contribution < 1.29 is 9.18 Å². The maximum absolute atomic E-state index is 14.3. The van der Waals surface area contributed by atoms with Crippen LogP contribution in [0.3, 0.4) is 0 Å². The van der Waals surface area contributed by atoms with E-state index in [1.54, 1.807) is 29.2 Å². The predicted molar refractivity (Wildman–Crippen MR) is 130 cm³/mol. The van der Waals surface area contributed by atoms with Gasteiger partial charge in [0.05, 0.1) is 10.6 Å². The minimum absolute atomic E-state index is 0.127. The molecule has 0 unspecified atom stereocenters. The Kier molecular flexibility index (Phi) is 5.82. The Hall–Kier alpha value is -2.21. The average Bonchev–Trinajstić information content (AvgIpc) is 3.10. The highest BCUT2D eigenvalue weighted by molar-refractivity contribution is 9.10. The first-order valence-corrected chi connectivity index (χ1v) is 12.0. The van der Waals surface area contributed by atoms with Crippen LogP contribution in [0.5, 0.6) is 0 Å². The summed E-state index contributed by atoms with van der Waals surface area (Å²) in [6.45, 7) is 3.25. The molecule has 0 saturated carbocycles. The number of halogens is 3. The summed E-state index contributed by atoms with van der Waals surface area (Å²) in [5.74, 6) is -0.384. The Morgan fingerprint density at radius 3 is 2.47 bits per heavy atom. The summed E-state index contributed by atoms with van der Waals surface area (Å²) in [5, 5.41) is 0.437. The van der Waals surface area contributed by atoms with Gasteiger partial charge < -0.3 is 4.90 Å². The van der Waals surface area contributed by atoms with Crippen LogP contribution in [0.2, 0.25) is 5.02 Å². The lowest BCUT2D eigenvalue weighted by atomic mass is 9.74. The Balaban J connectivity index is 1.39. The second-order valence-corrected chi connectivity index (χ2v) is 10.0. The van der Waals surface area contributed by atoms with Gasteiger partial charge in [-0.15, -0.1) is 0 Å². The van der Waals surface area contributed by atoms with Crippen molar-refractivity contribution in [1.29, 1.82) is 0 Å². The van der Waals surface area contributed by atoms with Crippen molar-refractivity contribution in [3.05, 3.63) is 98.7 Å². The molecule has 0 radical (unpaired) electrons. The summed E-state index contributed by atoms with van der Waals surface area (Å²) in [5.41, 5.74) is 3.27. The number of likely N-dealkylation sites (tertiary alicyclic amines) is 1. The summed E-state index contributed by atoms with van der Waals surface area (Å²) in [4.78, 5) is 17.6. The number of hydrogen-bond donors (Lipinski definition) is 0. The topological polar surface area (TPSA) is 23.6 Å². The third-order valence-corrected chi connectivity index (χ3v) is 7.62. The first-order chi connectivity index (χ1) is 15.4. The van der Waals surface area contributed by atoms with Gasteiger partial charge in [-0.05, 0) is 79.5 Å². The van der Waals surface area contributed by atoms with Gasteiger partial charge in [-0.1, -0.05) is 51.8 Å². The molecule has 0 aromatic heterocycles. The van der Waals surface area contributed by atoms with E-state index in [0.717, 1.165) is 48.2 Å². The van der Waals surface area contributed by atoms with Gasteiger partial charge in [0.15, 0.2) is 0 Å². The monoisotopic (exact) mass is 512 g/mol. The Morgan fingerprint density at radius 1 is 1.03 bits per heavy atom. The first kappa shape index (κ1) is 21.6. The molecule has 164 valence electrons. The summed E-state index contributed by atoms with van der Waals surface area (Å²) < 4.78 is 15.3. The van der Waals surface area contributed by atoms with Crippen LogP contribution in [0, 0.1) is 5.82 Å². The minimum Gasteiger partial charge on any atom is -0.307 e. The number of amides is 1. The Morgan fingerprint density at radius 2 is 1.75 bits per heavy atom. The van der Waals surface area contributed by atoms with Crippen LogP contribution in [0.4, 0.5) is 10.1 Å². The second-order valence-electron chi connectivity index (χ2n) is 8.72. The van der Waals surface area contributed by atoms with Crippen molar-refractivity contribution in [2.24, 2.45) is 0 Å². The van der Waals surface area contributed by atoms with Gasteiger partial charge in [-0.3, -0.25) is 9.69 Å². The van der Waals surface area contributed by atoms with Gasteiger partial charge >= 0.3 is 0 Å². The highest BCUT2D eigenvalue weighted by Crippen LogP contribution is 2.48. The third-order valence-electron chi connectivity index (χ3n) is 6.76. The van der Waals surface area contributed by atoms with E-state index in [1.165, 1.54) is 11.6 Å². The number of carbonyl (C=O) groups excluding carboxylic acids is 1. The molecule has 5 rings (SSSR count). The normalized spacial score (nSPS) is 17.5. The minimum atomic E-state index is -0.257. The molecule has 3 nitrogen and oxygen atoms in total. The fourth-order valence-corrected chi connectivity index (χ4v) is 5.50. The Bertz CT molecular complexity index is 1160. The van der Waals surface area contributed by atoms with E-state index >= 15 is 0 Å². The zero-order valence-electron chi connectivity index (χ0n) is 17.5. The summed E-state index contributed by atoms with van der Waals surface area (Å²) in [6, 6.07) is 20.3. The fraction of sp³-hybridized carbons (Fsp3) is 0.269. The molecule has 0 bridgehead atoms. The molecule has 1 fully saturated rings. The molecule has 2 aliphatic heterocycles. The van der Waals surface area contributed by atoms with E-state index in [1.807, 2.05) is 12.1 Å². The molecule has 32 heavy (non-hydrogen) atoms. The number of anilines is 1. The maximum Gasteiger partial charge on any atom is 0.259 e. The van der Waals surface area contributed by atoms with E-state index in [2.05, 4.69) is 45.1 Å². The van der Waals surface area contributed by atoms with Crippen LogP contribution in [0.15, 0.2) is 71.2 Å². The molecular formula is C26H23BrClFN2O. The third kappa shape index (κ3) is 3.98.